The normalized spacial score (nSPS) is 22.3. The molecule has 100 valence electrons. The number of benzene rings is 1. The van der Waals surface area contributed by atoms with Gasteiger partial charge in [-0.05, 0) is 46.8 Å². The van der Waals surface area contributed by atoms with Crippen molar-refractivity contribution in [2.75, 3.05) is 0 Å². The fourth-order valence-electron chi connectivity index (χ4n) is 3.04. The van der Waals surface area contributed by atoms with Crippen molar-refractivity contribution in [3.05, 3.63) is 34.9 Å². The van der Waals surface area contributed by atoms with E-state index in [1.807, 2.05) is 0 Å². The fourth-order valence-corrected chi connectivity index (χ4v) is 3.32. The van der Waals surface area contributed by atoms with Gasteiger partial charge in [-0.1, -0.05) is 68.7 Å². The number of fused-ring (bicyclic) bond motifs is 1. The SMILES string of the molecule is CCC(Br)c1ccc2c(c1)C(C)(C)CCC2(C)C. The average molecular weight is 309 g/mol. The molecule has 0 amide bonds. The third-order valence-corrected chi connectivity index (χ3v) is 5.77. The van der Waals surface area contributed by atoms with E-state index in [9.17, 15) is 0 Å². The predicted molar refractivity (Wildman–Crippen MR) is 83.7 cm³/mol. The summed E-state index contributed by atoms with van der Waals surface area (Å²) in [5.74, 6) is 0. The molecule has 0 spiro atoms. The minimum Gasteiger partial charge on any atom is -0.0839 e. The van der Waals surface area contributed by atoms with E-state index < -0.39 is 0 Å². The van der Waals surface area contributed by atoms with Gasteiger partial charge in [0.25, 0.3) is 0 Å². The molecule has 0 bridgehead atoms. The molecule has 1 aromatic rings. The summed E-state index contributed by atoms with van der Waals surface area (Å²) in [6.45, 7) is 11.8. The third-order valence-electron chi connectivity index (χ3n) is 4.60. The Morgan fingerprint density at radius 2 is 1.61 bits per heavy atom. The second kappa shape index (κ2) is 4.67. The Labute approximate surface area is 120 Å². The highest BCUT2D eigenvalue weighted by molar-refractivity contribution is 9.09. The maximum atomic E-state index is 3.78. The maximum absolute atomic E-state index is 3.78. The van der Waals surface area contributed by atoms with Crippen LogP contribution in [-0.4, -0.2) is 0 Å². The molecule has 0 aromatic heterocycles. The van der Waals surface area contributed by atoms with Gasteiger partial charge >= 0.3 is 0 Å². The van der Waals surface area contributed by atoms with E-state index in [1.165, 1.54) is 18.4 Å². The van der Waals surface area contributed by atoms with Crippen LogP contribution in [0.4, 0.5) is 0 Å². The highest BCUT2D eigenvalue weighted by Gasteiger charge is 2.37. The van der Waals surface area contributed by atoms with E-state index in [0.29, 0.717) is 15.7 Å². The summed E-state index contributed by atoms with van der Waals surface area (Å²) in [4.78, 5) is 0.489. The molecule has 18 heavy (non-hydrogen) atoms. The smallest absolute Gasteiger partial charge is 0.0392 e. The topological polar surface area (TPSA) is 0 Å². The van der Waals surface area contributed by atoms with Gasteiger partial charge in [-0.25, -0.2) is 0 Å². The van der Waals surface area contributed by atoms with Crippen molar-refractivity contribution in [2.45, 2.75) is 69.5 Å². The lowest BCUT2D eigenvalue weighted by Gasteiger charge is -2.42. The predicted octanol–water partition coefficient (Wildman–Crippen LogP) is 5.88. The molecule has 1 heteroatoms. The molecule has 0 radical (unpaired) electrons. The van der Waals surface area contributed by atoms with Crippen LogP contribution in [0.1, 0.15) is 75.4 Å². The van der Waals surface area contributed by atoms with Crippen molar-refractivity contribution >= 4 is 15.9 Å². The molecule has 2 rings (SSSR count). The summed E-state index contributed by atoms with van der Waals surface area (Å²) in [5.41, 5.74) is 5.20. The zero-order chi connectivity index (χ0) is 13.6. The minimum atomic E-state index is 0.321. The van der Waals surface area contributed by atoms with Crippen LogP contribution in [0.5, 0.6) is 0 Å². The van der Waals surface area contributed by atoms with E-state index in [-0.39, 0.29) is 0 Å². The lowest BCUT2D eigenvalue weighted by atomic mass is 9.63. The molecule has 1 aliphatic carbocycles. The molecule has 0 nitrogen and oxygen atoms in total. The van der Waals surface area contributed by atoms with Crippen LogP contribution in [-0.2, 0) is 10.8 Å². The Kier molecular flexibility index (Phi) is 3.66. The first-order valence-electron chi connectivity index (χ1n) is 7.07. The van der Waals surface area contributed by atoms with Gasteiger partial charge in [-0.2, -0.15) is 0 Å². The van der Waals surface area contributed by atoms with Gasteiger partial charge in [0.05, 0.1) is 0 Å². The van der Waals surface area contributed by atoms with E-state index >= 15 is 0 Å². The van der Waals surface area contributed by atoms with E-state index in [1.54, 1.807) is 11.1 Å². The summed E-state index contributed by atoms with van der Waals surface area (Å²) in [6.07, 6.45) is 3.72. The quantitative estimate of drug-likeness (QED) is 0.598. The monoisotopic (exact) mass is 308 g/mol. The zero-order valence-electron chi connectivity index (χ0n) is 12.3. The van der Waals surface area contributed by atoms with Crippen molar-refractivity contribution < 1.29 is 0 Å². The molecule has 1 aromatic carbocycles. The van der Waals surface area contributed by atoms with Gasteiger partial charge in [0, 0.05) is 4.83 Å². The number of alkyl halides is 1. The Balaban J connectivity index is 2.55. The van der Waals surface area contributed by atoms with Crippen LogP contribution < -0.4 is 0 Å². The number of halogens is 1. The standard InChI is InChI=1S/C17H25Br/c1-6-15(18)12-7-8-13-14(11-12)17(4,5)10-9-16(13,2)3/h7-8,11,15H,6,9-10H2,1-5H3. The second-order valence-electron chi connectivity index (χ2n) is 6.95. The van der Waals surface area contributed by atoms with Crippen LogP contribution in [0.3, 0.4) is 0 Å². The lowest BCUT2D eigenvalue weighted by molar-refractivity contribution is 0.331. The number of hydrogen-bond donors (Lipinski definition) is 0. The molecule has 1 aliphatic rings. The first-order valence-corrected chi connectivity index (χ1v) is 7.98. The van der Waals surface area contributed by atoms with E-state index in [0.717, 1.165) is 6.42 Å². The van der Waals surface area contributed by atoms with Gasteiger partial charge in [-0.15, -0.1) is 0 Å². The van der Waals surface area contributed by atoms with Gasteiger partial charge < -0.3 is 0 Å². The molecular weight excluding hydrogens is 284 g/mol. The van der Waals surface area contributed by atoms with Crippen LogP contribution >= 0.6 is 15.9 Å². The van der Waals surface area contributed by atoms with Crippen LogP contribution in [0.15, 0.2) is 18.2 Å². The van der Waals surface area contributed by atoms with Crippen molar-refractivity contribution in [2.24, 2.45) is 0 Å². The molecule has 1 atom stereocenters. The summed E-state index contributed by atoms with van der Waals surface area (Å²) in [5, 5.41) is 0. The molecule has 0 heterocycles. The molecule has 0 saturated carbocycles. The Morgan fingerprint density at radius 3 is 2.17 bits per heavy atom. The molecule has 0 aliphatic heterocycles. The molecular formula is C17H25Br. The Hall–Kier alpha value is -0.300. The summed E-state index contributed by atoms with van der Waals surface area (Å²) in [7, 11) is 0. The highest BCUT2D eigenvalue weighted by Crippen LogP contribution is 2.46. The number of hydrogen-bond acceptors (Lipinski definition) is 0. The summed E-state index contributed by atoms with van der Waals surface area (Å²) in [6, 6.07) is 7.12. The minimum absolute atomic E-state index is 0.321. The Morgan fingerprint density at radius 1 is 1.06 bits per heavy atom. The van der Waals surface area contributed by atoms with Gasteiger partial charge in [0.1, 0.15) is 0 Å². The zero-order valence-corrected chi connectivity index (χ0v) is 13.9. The molecule has 0 fully saturated rings. The molecule has 0 saturated heterocycles. The van der Waals surface area contributed by atoms with Gasteiger partial charge in [0.15, 0.2) is 0 Å². The van der Waals surface area contributed by atoms with Crippen molar-refractivity contribution in [3.8, 4) is 0 Å². The first-order chi connectivity index (χ1) is 8.28. The van der Waals surface area contributed by atoms with E-state index in [4.69, 9.17) is 0 Å². The summed E-state index contributed by atoms with van der Waals surface area (Å²) >= 11 is 3.78. The van der Waals surface area contributed by atoms with Gasteiger partial charge in [-0.3, -0.25) is 0 Å². The molecule has 0 N–H and O–H groups in total. The average Bonchev–Trinajstić information content (AvgIpc) is 2.34. The van der Waals surface area contributed by atoms with Gasteiger partial charge in [0.2, 0.25) is 0 Å². The largest absolute Gasteiger partial charge is 0.0839 e. The first kappa shape index (κ1) is 14.1. The number of rotatable bonds is 2. The maximum Gasteiger partial charge on any atom is 0.0392 e. The lowest BCUT2D eigenvalue weighted by Crippen LogP contribution is -2.33. The van der Waals surface area contributed by atoms with E-state index in [2.05, 4.69) is 68.7 Å². The fraction of sp³-hybridized carbons (Fsp3) is 0.647. The summed E-state index contributed by atoms with van der Waals surface area (Å²) < 4.78 is 0. The van der Waals surface area contributed by atoms with Crippen molar-refractivity contribution in [1.82, 2.24) is 0 Å². The highest BCUT2D eigenvalue weighted by atomic mass is 79.9. The third kappa shape index (κ3) is 2.39. The van der Waals surface area contributed by atoms with Crippen LogP contribution in [0.2, 0.25) is 0 Å². The van der Waals surface area contributed by atoms with Crippen molar-refractivity contribution in [1.29, 1.82) is 0 Å². The van der Waals surface area contributed by atoms with Crippen LogP contribution in [0, 0.1) is 0 Å². The Bertz CT molecular complexity index is 443. The second-order valence-corrected chi connectivity index (χ2v) is 8.05. The van der Waals surface area contributed by atoms with Crippen molar-refractivity contribution in [3.63, 3.8) is 0 Å². The molecule has 1 unspecified atom stereocenters. The van der Waals surface area contributed by atoms with Crippen LogP contribution in [0.25, 0.3) is 0 Å².